The Morgan fingerprint density at radius 3 is 2.50 bits per heavy atom. The third-order valence-electron chi connectivity index (χ3n) is 4.95. The molecule has 1 amide bonds. The van der Waals surface area contributed by atoms with Gasteiger partial charge in [0.2, 0.25) is 5.91 Å². The van der Waals surface area contributed by atoms with Gasteiger partial charge < -0.3 is 5.32 Å². The van der Waals surface area contributed by atoms with Crippen molar-refractivity contribution in [2.75, 3.05) is 5.32 Å². The van der Waals surface area contributed by atoms with Crippen molar-refractivity contribution in [3.8, 4) is 11.3 Å². The van der Waals surface area contributed by atoms with Gasteiger partial charge in [-0.25, -0.2) is 9.20 Å². The smallest absolute Gasteiger partial charge is 0.324 e. The maximum absolute atomic E-state index is 13.1. The molecular formula is C22H18F3N5O2. The first-order valence-corrected chi connectivity index (χ1v) is 9.77. The van der Waals surface area contributed by atoms with Gasteiger partial charge in [-0.1, -0.05) is 43.3 Å². The average Bonchev–Trinajstić information content (AvgIpc) is 3.21. The summed E-state index contributed by atoms with van der Waals surface area (Å²) < 4.78 is 41.5. The highest BCUT2D eigenvalue weighted by Gasteiger charge is 2.33. The van der Waals surface area contributed by atoms with Crippen molar-refractivity contribution in [3.63, 3.8) is 0 Å². The van der Waals surface area contributed by atoms with Gasteiger partial charge in [0, 0.05) is 5.56 Å². The fourth-order valence-electron chi connectivity index (χ4n) is 3.27. The molecule has 4 rings (SSSR count). The van der Waals surface area contributed by atoms with E-state index in [1.165, 1.54) is 28.5 Å². The van der Waals surface area contributed by atoms with Crippen molar-refractivity contribution < 1.29 is 18.0 Å². The number of hydrogen-bond acceptors (Lipinski definition) is 4. The molecular weight excluding hydrogens is 423 g/mol. The molecule has 0 atom stereocenters. The highest BCUT2D eigenvalue weighted by molar-refractivity contribution is 5.91. The largest absolute Gasteiger partial charge is 0.418 e. The molecule has 0 bridgehead atoms. The van der Waals surface area contributed by atoms with Crippen LogP contribution in [0.4, 0.5) is 18.9 Å². The van der Waals surface area contributed by atoms with E-state index < -0.39 is 29.8 Å². The molecule has 0 radical (unpaired) electrons. The molecule has 2 aromatic heterocycles. The molecule has 0 aliphatic carbocycles. The Morgan fingerprint density at radius 1 is 1.09 bits per heavy atom. The Labute approximate surface area is 180 Å². The number of amides is 1. The highest BCUT2D eigenvalue weighted by atomic mass is 19.4. The van der Waals surface area contributed by atoms with Gasteiger partial charge in [0.05, 0.1) is 16.9 Å². The third-order valence-corrected chi connectivity index (χ3v) is 4.95. The van der Waals surface area contributed by atoms with Crippen molar-refractivity contribution in [1.82, 2.24) is 19.4 Å². The van der Waals surface area contributed by atoms with Crippen LogP contribution in [0.15, 0.2) is 65.7 Å². The zero-order valence-corrected chi connectivity index (χ0v) is 16.9. The quantitative estimate of drug-likeness (QED) is 0.511. The Bertz CT molecular complexity index is 1340. The molecule has 0 unspecified atom stereocenters. The first-order chi connectivity index (χ1) is 15.3. The summed E-state index contributed by atoms with van der Waals surface area (Å²) in [4.78, 5) is 25.1. The summed E-state index contributed by atoms with van der Waals surface area (Å²) >= 11 is 0. The van der Waals surface area contributed by atoms with Crippen LogP contribution in [-0.4, -0.2) is 25.3 Å². The van der Waals surface area contributed by atoms with Crippen molar-refractivity contribution >= 4 is 17.1 Å². The van der Waals surface area contributed by atoms with E-state index in [2.05, 4.69) is 15.5 Å². The number of halogens is 3. The number of anilines is 1. The van der Waals surface area contributed by atoms with Crippen LogP contribution in [0.5, 0.6) is 0 Å². The Kier molecular flexibility index (Phi) is 5.52. The topological polar surface area (TPSA) is 81.3 Å². The molecule has 1 N–H and O–H groups in total. The van der Waals surface area contributed by atoms with Crippen molar-refractivity contribution in [1.29, 1.82) is 0 Å². The summed E-state index contributed by atoms with van der Waals surface area (Å²) in [5.41, 5.74) is 0.791. The maximum Gasteiger partial charge on any atom is 0.418 e. The summed E-state index contributed by atoms with van der Waals surface area (Å²) in [6, 6.07) is 13.9. The molecule has 10 heteroatoms. The highest BCUT2D eigenvalue weighted by Crippen LogP contribution is 2.34. The number of nitrogens with zero attached hydrogens (tertiary/aromatic N) is 4. The Balaban J connectivity index is 1.58. The zero-order chi connectivity index (χ0) is 22.9. The number of fused-ring (bicyclic) bond motifs is 1. The molecule has 164 valence electrons. The predicted molar refractivity (Wildman–Crippen MR) is 112 cm³/mol. The van der Waals surface area contributed by atoms with Crippen LogP contribution in [0.3, 0.4) is 0 Å². The second kappa shape index (κ2) is 8.29. The van der Waals surface area contributed by atoms with E-state index in [1.54, 1.807) is 6.07 Å². The van der Waals surface area contributed by atoms with Gasteiger partial charge in [0.25, 0.3) is 5.56 Å². The molecule has 7 nitrogen and oxygen atoms in total. The van der Waals surface area contributed by atoms with Crippen molar-refractivity contribution in [2.45, 2.75) is 26.1 Å². The number of benzene rings is 2. The second-order valence-corrected chi connectivity index (χ2v) is 7.10. The van der Waals surface area contributed by atoms with Crippen LogP contribution in [0, 0.1) is 0 Å². The molecule has 0 aliphatic rings. The third kappa shape index (κ3) is 4.25. The minimum atomic E-state index is -4.62. The van der Waals surface area contributed by atoms with Crippen LogP contribution >= 0.6 is 0 Å². The number of rotatable bonds is 5. The number of aromatic nitrogens is 4. The van der Waals surface area contributed by atoms with Gasteiger partial charge >= 0.3 is 6.18 Å². The van der Waals surface area contributed by atoms with E-state index in [-0.39, 0.29) is 11.2 Å². The molecule has 32 heavy (non-hydrogen) atoms. The summed E-state index contributed by atoms with van der Waals surface area (Å²) in [6.45, 7) is 1.50. The van der Waals surface area contributed by atoms with E-state index >= 15 is 0 Å². The SMILES string of the molecule is CCc1ccc(-c2cc3c(=O)n(CC(=O)Nc4ccccc4C(F)(F)F)ncn3n2)cc1. The first kappa shape index (κ1) is 21.3. The van der Waals surface area contributed by atoms with Gasteiger partial charge in [-0.3, -0.25) is 9.59 Å². The molecule has 0 aliphatic heterocycles. The lowest BCUT2D eigenvalue weighted by atomic mass is 10.1. The van der Waals surface area contributed by atoms with Crippen LogP contribution in [-0.2, 0) is 23.9 Å². The van der Waals surface area contributed by atoms with Gasteiger partial charge in [-0.15, -0.1) is 0 Å². The number of nitrogens with one attached hydrogen (secondary N) is 1. The fraction of sp³-hybridized carbons (Fsp3) is 0.182. The van der Waals surface area contributed by atoms with E-state index in [9.17, 15) is 22.8 Å². The summed E-state index contributed by atoms with van der Waals surface area (Å²) in [5, 5.41) is 10.5. The van der Waals surface area contributed by atoms with Gasteiger partial charge in [0.15, 0.2) is 0 Å². The lowest BCUT2D eigenvalue weighted by Gasteiger charge is -2.13. The predicted octanol–water partition coefficient (Wildman–Crippen LogP) is 3.78. The number of hydrogen-bond donors (Lipinski definition) is 1. The zero-order valence-electron chi connectivity index (χ0n) is 16.9. The van der Waals surface area contributed by atoms with Crippen molar-refractivity contribution in [3.05, 3.63) is 82.4 Å². The molecule has 4 aromatic rings. The Morgan fingerprint density at radius 2 is 1.81 bits per heavy atom. The standard InChI is InChI=1S/C22H18F3N5O2/c1-2-14-7-9-15(10-8-14)18-11-19-21(32)29(26-13-30(19)28-18)12-20(31)27-17-6-4-3-5-16(17)22(23,24)25/h3-11,13H,2,12H2,1H3,(H,27,31). The van der Waals surface area contributed by atoms with E-state index in [0.29, 0.717) is 5.69 Å². The second-order valence-electron chi connectivity index (χ2n) is 7.10. The number of carbonyl (C=O) groups excluding carboxylic acids is 1. The molecule has 2 heterocycles. The minimum absolute atomic E-state index is 0.193. The molecule has 0 saturated carbocycles. The van der Waals surface area contributed by atoms with E-state index in [0.717, 1.165) is 28.8 Å². The van der Waals surface area contributed by atoms with Gasteiger partial charge in [-0.2, -0.15) is 23.4 Å². The summed E-state index contributed by atoms with van der Waals surface area (Å²) in [5.74, 6) is -0.810. The lowest BCUT2D eigenvalue weighted by molar-refractivity contribution is -0.137. The summed E-state index contributed by atoms with van der Waals surface area (Å²) in [6.07, 6.45) is -2.45. The van der Waals surface area contributed by atoms with Crippen LogP contribution < -0.4 is 10.9 Å². The van der Waals surface area contributed by atoms with Crippen LogP contribution in [0.1, 0.15) is 18.1 Å². The van der Waals surface area contributed by atoms with Gasteiger partial charge in [0.1, 0.15) is 18.4 Å². The van der Waals surface area contributed by atoms with Crippen molar-refractivity contribution in [2.24, 2.45) is 0 Å². The van der Waals surface area contributed by atoms with Crippen LogP contribution in [0.25, 0.3) is 16.8 Å². The maximum atomic E-state index is 13.1. The minimum Gasteiger partial charge on any atom is -0.324 e. The van der Waals surface area contributed by atoms with Gasteiger partial charge in [-0.05, 0) is 30.2 Å². The summed E-state index contributed by atoms with van der Waals surface area (Å²) in [7, 11) is 0. The molecule has 0 saturated heterocycles. The van der Waals surface area contributed by atoms with Crippen LogP contribution in [0.2, 0.25) is 0 Å². The first-order valence-electron chi connectivity index (χ1n) is 9.77. The number of para-hydroxylation sites is 1. The molecule has 0 fully saturated rings. The fourth-order valence-corrected chi connectivity index (χ4v) is 3.27. The van der Waals surface area contributed by atoms with E-state index in [1.807, 2.05) is 31.2 Å². The number of alkyl halides is 3. The van der Waals surface area contributed by atoms with E-state index in [4.69, 9.17) is 0 Å². The average molecular weight is 441 g/mol. The Hall–Kier alpha value is -3.95. The number of carbonyl (C=O) groups is 1. The number of aryl methyl sites for hydroxylation is 1. The normalized spacial score (nSPS) is 11.6. The molecule has 0 spiro atoms. The molecule has 2 aromatic carbocycles. The monoisotopic (exact) mass is 441 g/mol. The lowest BCUT2D eigenvalue weighted by Crippen LogP contribution is -2.31.